The van der Waals surface area contributed by atoms with Crippen LogP contribution in [0.2, 0.25) is 0 Å². The minimum Gasteiger partial charge on any atom is -0.395 e. The number of hydrogen-bond acceptors (Lipinski definition) is 3. The van der Waals surface area contributed by atoms with Crippen molar-refractivity contribution >= 4 is 23.1 Å². The molecule has 0 aromatic rings. The monoisotopic (exact) mass is 218 g/mol. The summed E-state index contributed by atoms with van der Waals surface area (Å²) in [6, 6.07) is 0. The van der Waals surface area contributed by atoms with Gasteiger partial charge in [-0.25, -0.2) is 0 Å². The Balaban J connectivity index is 4.35. The highest BCUT2D eigenvalue weighted by Gasteiger charge is 2.23. The standard InChI is InChI=1S/C9H18N2O2S/c1-3-4-7(8(10)14)9(13)11(2)5-6-12/h7,12H,3-6H2,1-2H3,(H2,10,14). The number of likely N-dealkylation sites (N-methyl/N-ethyl adjacent to an activating group) is 1. The van der Waals surface area contributed by atoms with E-state index in [1.165, 1.54) is 4.90 Å². The van der Waals surface area contributed by atoms with Crippen LogP contribution in [0.3, 0.4) is 0 Å². The van der Waals surface area contributed by atoms with E-state index in [0.717, 1.165) is 6.42 Å². The van der Waals surface area contributed by atoms with Crippen molar-refractivity contribution < 1.29 is 9.90 Å². The van der Waals surface area contributed by atoms with Gasteiger partial charge < -0.3 is 15.7 Å². The Kier molecular flexibility index (Phi) is 6.40. The first-order valence-corrected chi connectivity index (χ1v) is 5.10. The van der Waals surface area contributed by atoms with Crippen molar-refractivity contribution in [3.8, 4) is 0 Å². The quantitative estimate of drug-likeness (QED) is 0.622. The molecule has 0 radical (unpaired) electrons. The Bertz CT molecular complexity index is 209. The van der Waals surface area contributed by atoms with Gasteiger partial charge in [-0.2, -0.15) is 0 Å². The van der Waals surface area contributed by atoms with Gasteiger partial charge in [0.05, 0.1) is 17.5 Å². The number of amides is 1. The Morgan fingerprint density at radius 2 is 2.21 bits per heavy atom. The van der Waals surface area contributed by atoms with Crippen LogP contribution in [0.25, 0.3) is 0 Å². The van der Waals surface area contributed by atoms with E-state index in [0.29, 0.717) is 13.0 Å². The SMILES string of the molecule is CCCC(C(=O)N(C)CCO)C(N)=S. The summed E-state index contributed by atoms with van der Waals surface area (Å²) in [5, 5.41) is 8.68. The molecule has 1 atom stereocenters. The number of carbonyl (C=O) groups excluding carboxylic acids is 1. The molecule has 0 heterocycles. The highest BCUT2D eigenvalue weighted by molar-refractivity contribution is 7.80. The van der Waals surface area contributed by atoms with E-state index in [2.05, 4.69) is 0 Å². The molecule has 0 aromatic carbocycles. The topological polar surface area (TPSA) is 66.6 Å². The molecule has 0 aliphatic carbocycles. The molecular formula is C9H18N2O2S. The first-order valence-electron chi connectivity index (χ1n) is 4.69. The fraction of sp³-hybridized carbons (Fsp3) is 0.778. The molecule has 0 saturated heterocycles. The predicted molar refractivity (Wildman–Crippen MR) is 59.9 cm³/mol. The van der Waals surface area contributed by atoms with Crippen molar-refractivity contribution in [2.75, 3.05) is 20.2 Å². The summed E-state index contributed by atoms with van der Waals surface area (Å²) in [6.07, 6.45) is 1.53. The van der Waals surface area contributed by atoms with Crippen molar-refractivity contribution in [1.82, 2.24) is 4.90 Å². The summed E-state index contributed by atoms with van der Waals surface area (Å²) >= 11 is 4.83. The number of aliphatic hydroxyl groups excluding tert-OH is 1. The van der Waals surface area contributed by atoms with E-state index in [1.807, 2.05) is 6.92 Å². The summed E-state index contributed by atoms with van der Waals surface area (Å²) < 4.78 is 0. The Morgan fingerprint density at radius 1 is 1.64 bits per heavy atom. The number of nitrogens with zero attached hydrogens (tertiary/aromatic N) is 1. The van der Waals surface area contributed by atoms with Gasteiger partial charge in [-0.3, -0.25) is 4.79 Å². The van der Waals surface area contributed by atoms with Crippen molar-refractivity contribution in [3.05, 3.63) is 0 Å². The molecule has 1 unspecified atom stereocenters. The van der Waals surface area contributed by atoms with Crippen LogP contribution >= 0.6 is 12.2 Å². The van der Waals surface area contributed by atoms with Gasteiger partial charge in [0.15, 0.2) is 0 Å². The van der Waals surface area contributed by atoms with Crippen LogP contribution in [0.1, 0.15) is 19.8 Å². The minimum absolute atomic E-state index is 0.0432. The van der Waals surface area contributed by atoms with Crippen LogP contribution in [-0.4, -0.2) is 41.1 Å². The molecule has 14 heavy (non-hydrogen) atoms. The lowest BCUT2D eigenvalue weighted by Gasteiger charge is -2.21. The van der Waals surface area contributed by atoms with Crippen molar-refractivity contribution in [1.29, 1.82) is 0 Å². The van der Waals surface area contributed by atoms with E-state index in [1.54, 1.807) is 7.05 Å². The maximum Gasteiger partial charge on any atom is 0.232 e. The molecule has 0 aromatic heterocycles. The first-order chi connectivity index (χ1) is 6.54. The Labute approximate surface area is 90.1 Å². The average molecular weight is 218 g/mol. The zero-order valence-electron chi connectivity index (χ0n) is 8.69. The largest absolute Gasteiger partial charge is 0.395 e. The lowest BCUT2D eigenvalue weighted by molar-refractivity contribution is -0.132. The van der Waals surface area contributed by atoms with Crippen LogP contribution in [0, 0.1) is 5.92 Å². The van der Waals surface area contributed by atoms with Crippen LogP contribution in [0.4, 0.5) is 0 Å². The van der Waals surface area contributed by atoms with Crippen molar-refractivity contribution in [2.24, 2.45) is 11.7 Å². The third kappa shape index (κ3) is 4.02. The third-order valence-corrected chi connectivity index (χ3v) is 2.32. The average Bonchev–Trinajstić information content (AvgIpc) is 2.13. The van der Waals surface area contributed by atoms with E-state index in [4.69, 9.17) is 23.1 Å². The molecule has 1 amide bonds. The fourth-order valence-electron chi connectivity index (χ4n) is 1.20. The second kappa shape index (κ2) is 6.73. The van der Waals surface area contributed by atoms with E-state index in [-0.39, 0.29) is 23.4 Å². The van der Waals surface area contributed by atoms with Crippen molar-refractivity contribution in [2.45, 2.75) is 19.8 Å². The summed E-state index contributed by atoms with van der Waals surface area (Å²) in [6.45, 7) is 2.25. The molecule has 3 N–H and O–H groups in total. The highest BCUT2D eigenvalue weighted by Crippen LogP contribution is 2.10. The molecule has 0 fully saturated rings. The van der Waals surface area contributed by atoms with Gasteiger partial charge in [-0.05, 0) is 6.42 Å². The maximum atomic E-state index is 11.7. The zero-order chi connectivity index (χ0) is 11.1. The summed E-state index contributed by atoms with van der Waals surface area (Å²) in [5.41, 5.74) is 5.48. The molecule has 0 aliphatic heterocycles. The molecule has 82 valence electrons. The van der Waals surface area contributed by atoms with Crippen LogP contribution in [0.15, 0.2) is 0 Å². The van der Waals surface area contributed by atoms with E-state index in [9.17, 15) is 4.79 Å². The zero-order valence-corrected chi connectivity index (χ0v) is 9.51. The van der Waals surface area contributed by atoms with Gasteiger partial charge in [-0.1, -0.05) is 25.6 Å². The number of hydrogen-bond donors (Lipinski definition) is 2. The Hall–Kier alpha value is -0.680. The molecule has 0 rings (SSSR count). The number of carbonyl (C=O) groups is 1. The van der Waals surface area contributed by atoms with Gasteiger partial charge in [-0.15, -0.1) is 0 Å². The van der Waals surface area contributed by atoms with Gasteiger partial charge in [0, 0.05) is 13.6 Å². The van der Waals surface area contributed by atoms with Crippen molar-refractivity contribution in [3.63, 3.8) is 0 Å². The normalized spacial score (nSPS) is 12.2. The van der Waals surface area contributed by atoms with E-state index < -0.39 is 0 Å². The van der Waals surface area contributed by atoms with Gasteiger partial charge in [0.2, 0.25) is 5.91 Å². The molecule has 0 aliphatic rings. The second-order valence-electron chi connectivity index (χ2n) is 3.23. The Morgan fingerprint density at radius 3 is 2.57 bits per heavy atom. The van der Waals surface area contributed by atoms with Gasteiger partial charge in [0.25, 0.3) is 0 Å². The molecule has 4 nitrogen and oxygen atoms in total. The number of nitrogens with two attached hydrogens (primary N) is 1. The summed E-state index contributed by atoms with van der Waals surface area (Å²) in [7, 11) is 1.64. The molecular weight excluding hydrogens is 200 g/mol. The fourth-order valence-corrected chi connectivity index (χ4v) is 1.42. The molecule has 0 spiro atoms. The van der Waals surface area contributed by atoms with E-state index >= 15 is 0 Å². The number of thiocarbonyl (C=S) groups is 1. The van der Waals surface area contributed by atoms with Crippen LogP contribution in [0.5, 0.6) is 0 Å². The third-order valence-electron chi connectivity index (χ3n) is 2.03. The number of aliphatic hydroxyl groups is 1. The molecule has 0 bridgehead atoms. The van der Waals surface area contributed by atoms with Gasteiger partial charge in [0.1, 0.15) is 0 Å². The smallest absolute Gasteiger partial charge is 0.232 e. The van der Waals surface area contributed by atoms with Crippen LogP contribution < -0.4 is 5.73 Å². The predicted octanol–water partition coefficient (Wildman–Crippen LogP) is 0.140. The lowest BCUT2D eigenvalue weighted by atomic mass is 10.0. The van der Waals surface area contributed by atoms with Crippen LogP contribution in [-0.2, 0) is 4.79 Å². The highest BCUT2D eigenvalue weighted by atomic mass is 32.1. The first kappa shape index (κ1) is 13.3. The molecule has 0 saturated carbocycles. The second-order valence-corrected chi connectivity index (χ2v) is 3.70. The maximum absolute atomic E-state index is 11.7. The summed E-state index contributed by atoms with van der Waals surface area (Å²) in [5.74, 6) is -0.486. The van der Waals surface area contributed by atoms with Gasteiger partial charge >= 0.3 is 0 Å². The molecule has 5 heteroatoms. The summed E-state index contributed by atoms with van der Waals surface area (Å²) in [4.78, 5) is 13.4. The number of rotatable bonds is 6. The lowest BCUT2D eigenvalue weighted by Crippen LogP contribution is -2.40. The minimum atomic E-state index is -0.383.